The molecule has 11 heteroatoms. The highest BCUT2D eigenvalue weighted by molar-refractivity contribution is 8.00. The summed E-state index contributed by atoms with van der Waals surface area (Å²) >= 11 is 2.49. The lowest BCUT2D eigenvalue weighted by atomic mass is 10.2. The summed E-state index contributed by atoms with van der Waals surface area (Å²) in [6.45, 7) is 1.38. The molecular formula is C18H15N3O6S2. The van der Waals surface area contributed by atoms with Crippen LogP contribution in [0.15, 0.2) is 50.1 Å². The summed E-state index contributed by atoms with van der Waals surface area (Å²) < 4.78 is 16.2. The Morgan fingerprint density at radius 1 is 1.24 bits per heavy atom. The van der Waals surface area contributed by atoms with Crippen molar-refractivity contribution in [3.63, 3.8) is 0 Å². The first-order valence-corrected chi connectivity index (χ1v) is 9.97. The molecule has 1 amide bonds. The summed E-state index contributed by atoms with van der Waals surface area (Å²) in [4.78, 5) is 35.5. The zero-order valence-corrected chi connectivity index (χ0v) is 17.0. The van der Waals surface area contributed by atoms with E-state index in [0.29, 0.717) is 26.7 Å². The number of para-hydroxylation sites is 1. The molecule has 0 saturated heterocycles. The third kappa shape index (κ3) is 5.42. The van der Waals surface area contributed by atoms with Gasteiger partial charge in [0.25, 0.3) is 0 Å². The van der Waals surface area contributed by atoms with Crippen LogP contribution in [-0.2, 0) is 10.5 Å². The van der Waals surface area contributed by atoms with Crippen molar-refractivity contribution in [1.29, 1.82) is 0 Å². The van der Waals surface area contributed by atoms with Crippen molar-refractivity contribution in [2.24, 2.45) is 0 Å². The van der Waals surface area contributed by atoms with Crippen molar-refractivity contribution in [2.45, 2.75) is 17.0 Å². The number of amides is 1. The van der Waals surface area contributed by atoms with E-state index >= 15 is 0 Å². The highest BCUT2D eigenvalue weighted by atomic mass is 32.2. The van der Waals surface area contributed by atoms with Gasteiger partial charge in [0.1, 0.15) is 23.3 Å². The van der Waals surface area contributed by atoms with Gasteiger partial charge in [-0.1, -0.05) is 35.2 Å². The first-order chi connectivity index (χ1) is 14.0. The van der Waals surface area contributed by atoms with E-state index in [0.717, 1.165) is 6.26 Å². The first kappa shape index (κ1) is 20.6. The number of thioether (sulfide) groups is 1. The molecule has 0 saturated carbocycles. The van der Waals surface area contributed by atoms with E-state index in [-0.39, 0.29) is 17.2 Å². The highest BCUT2D eigenvalue weighted by Crippen LogP contribution is 2.28. The Kier molecular flexibility index (Phi) is 6.62. The summed E-state index contributed by atoms with van der Waals surface area (Å²) in [6.07, 6.45) is 1.09. The van der Waals surface area contributed by atoms with Gasteiger partial charge in [0.05, 0.1) is 12.9 Å². The number of rotatable bonds is 7. The van der Waals surface area contributed by atoms with E-state index < -0.39 is 11.4 Å². The number of hydrogen-bond donors (Lipinski definition) is 1. The lowest BCUT2D eigenvalue weighted by Crippen LogP contribution is -2.15. The van der Waals surface area contributed by atoms with Crippen LogP contribution in [0.1, 0.15) is 23.0 Å². The normalized spacial score (nSPS) is 10.4. The van der Waals surface area contributed by atoms with Crippen LogP contribution in [0.25, 0.3) is 0 Å². The third-order valence-electron chi connectivity index (χ3n) is 3.41. The number of benzene rings is 1. The molecule has 29 heavy (non-hydrogen) atoms. The fourth-order valence-corrected chi connectivity index (χ4v) is 3.85. The predicted octanol–water partition coefficient (Wildman–Crippen LogP) is 2.97. The van der Waals surface area contributed by atoms with E-state index in [1.807, 2.05) is 0 Å². The maximum Gasteiger partial charge on any atom is 0.347 e. The van der Waals surface area contributed by atoms with Crippen molar-refractivity contribution < 1.29 is 23.5 Å². The monoisotopic (exact) mass is 433 g/mol. The number of anilines is 1. The molecule has 0 aliphatic carbocycles. The molecular weight excluding hydrogens is 418 g/mol. The van der Waals surface area contributed by atoms with Crippen molar-refractivity contribution in [1.82, 2.24) is 10.2 Å². The topological polar surface area (TPSA) is 121 Å². The van der Waals surface area contributed by atoms with Gasteiger partial charge in [0, 0.05) is 13.0 Å². The average molecular weight is 433 g/mol. The minimum atomic E-state index is -0.726. The van der Waals surface area contributed by atoms with Gasteiger partial charge >= 0.3 is 5.97 Å². The molecule has 0 aliphatic heterocycles. The fraction of sp³-hybridized carbons (Fsp3) is 0.167. The van der Waals surface area contributed by atoms with Crippen LogP contribution < -0.4 is 20.2 Å². The summed E-state index contributed by atoms with van der Waals surface area (Å²) in [5.74, 6) is -0.166. The lowest BCUT2D eigenvalue weighted by Gasteiger charge is -2.07. The fourth-order valence-electron chi connectivity index (χ4n) is 2.16. The van der Waals surface area contributed by atoms with Crippen LogP contribution in [0, 0.1) is 0 Å². The van der Waals surface area contributed by atoms with E-state index in [2.05, 4.69) is 15.5 Å². The molecule has 9 nitrogen and oxygen atoms in total. The molecule has 0 unspecified atom stereocenters. The Morgan fingerprint density at radius 3 is 2.76 bits per heavy atom. The van der Waals surface area contributed by atoms with E-state index in [1.165, 1.54) is 49.3 Å². The molecule has 150 valence electrons. The number of nitrogens with one attached hydrogen (secondary N) is 1. The second-order valence-electron chi connectivity index (χ2n) is 5.51. The summed E-state index contributed by atoms with van der Waals surface area (Å²) in [7, 11) is 1.43. The molecule has 3 rings (SSSR count). The molecule has 0 atom stereocenters. The Morgan fingerprint density at radius 2 is 2.03 bits per heavy atom. The summed E-state index contributed by atoms with van der Waals surface area (Å²) in [5.41, 5.74) is -0.299. The Balaban J connectivity index is 1.64. The standard InChI is InChI=1S/C18H15N3O6S2/c1-10(22)19-17-20-21-18(29-17)28-9-11-7-13(23)15(8-26-11)27-16(24)12-5-3-4-6-14(12)25-2/h3-8H,9H2,1-2H3,(H,19,20,22). The van der Waals surface area contributed by atoms with Crippen molar-refractivity contribution in [2.75, 3.05) is 12.4 Å². The quantitative estimate of drug-likeness (QED) is 0.340. The second kappa shape index (κ2) is 9.34. The number of carbonyl (C=O) groups is 2. The maximum atomic E-state index is 12.3. The van der Waals surface area contributed by atoms with E-state index in [4.69, 9.17) is 13.9 Å². The first-order valence-electron chi connectivity index (χ1n) is 8.17. The highest BCUT2D eigenvalue weighted by Gasteiger charge is 2.16. The number of nitrogens with zero attached hydrogens (tertiary/aromatic N) is 2. The van der Waals surface area contributed by atoms with Gasteiger partial charge in [-0.15, -0.1) is 10.2 Å². The zero-order chi connectivity index (χ0) is 20.8. The molecule has 0 fully saturated rings. The van der Waals surface area contributed by atoms with Gasteiger partial charge in [-0.3, -0.25) is 9.59 Å². The number of ether oxygens (including phenoxy) is 2. The average Bonchev–Trinajstić information content (AvgIpc) is 3.14. The minimum Gasteiger partial charge on any atom is -0.496 e. The molecule has 1 N–H and O–H groups in total. The van der Waals surface area contributed by atoms with Crippen LogP contribution in [-0.4, -0.2) is 29.2 Å². The Hall–Kier alpha value is -3.18. The molecule has 0 bridgehead atoms. The maximum absolute atomic E-state index is 12.3. The van der Waals surface area contributed by atoms with E-state index in [9.17, 15) is 14.4 Å². The van der Waals surface area contributed by atoms with Crippen molar-refractivity contribution >= 4 is 40.1 Å². The summed E-state index contributed by atoms with van der Waals surface area (Å²) in [6, 6.07) is 7.77. The van der Waals surface area contributed by atoms with Crippen LogP contribution >= 0.6 is 23.1 Å². The largest absolute Gasteiger partial charge is 0.496 e. The van der Waals surface area contributed by atoms with Crippen molar-refractivity contribution in [3.8, 4) is 11.5 Å². The van der Waals surface area contributed by atoms with Crippen molar-refractivity contribution in [3.05, 3.63) is 58.1 Å². The molecule has 3 aromatic rings. The predicted molar refractivity (Wildman–Crippen MR) is 107 cm³/mol. The molecule has 2 heterocycles. The Bertz CT molecular complexity index is 1090. The van der Waals surface area contributed by atoms with Crippen LogP contribution in [0.4, 0.5) is 5.13 Å². The molecule has 0 spiro atoms. The lowest BCUT2D eigenvalue weighted by molar-refractivity contribution is -0.114. The van der Waals surface area contributed by atoms with Crippen LogP contribution in [0.5, 0.6) is 11.5 Å². The van der Waals surface area contributed by atoms with E-state index in [1.54, 1.807) is 18.2 Å². The number of carbonyl (C=O) groups excluding carboxylic acids is 2. The second-order valence-corrected chi connectivity index (χ2v) is 7.71. The smallest absolute Gasteiger partial charge is 0.347 e. The molecule has 0 radical (unpaired) electrons. The number of methoxy groups -OCH3 is 1. The molecule has 1 aromatic carbocycles. The van der Waals surface area contributed by atoms with Gasteiger partial charge in [-0.05, 0) is 12.1 Å². The van der Waals surface area contributed by atoms with Gasteiger partial charge < -0.3 is 19.2 Å². The van der Waals surface area contributed by atoms with Crippen LogP contribution in [0.3, 0.4) is 0 Å². The minimum absolute atomic E-state index is 0.195. The van der Waals surface area contributed by atoms with Gasteiger partial charge in [0.15, 0.2) is 4.34 Å². The Labute approximate surface area is 173 Å². The number of hydrogen-bond acceptors (Lipinski definition) is 10. The molecule has 0 aliphatic rings. The number of esters is 1. The van der Waals surface area contributed by atoms with Gasteiger partial charge in [0.2, 0.25) is 22.2 Å². The zero-order valence-electron chi connectivity index (χ0n) is 15.3. The van der Waals surface area contributed by atoms with Crippen LogP contribution in [0.2, 0.25) is 0 Å². The SMILES string of the molecule is COc1ccccc1C(=O)Oc1coc(CSc2nnc(NC(C)=O)s2)cc1=O. The van der Waals surface area contributed by atoms with Gasteiger partial charge in [-0.2, -0.15) is 0 Å². The number of aromatic nitrogens is 2. The molecule has 2 aromatic heterocycles. The summed E-state index contributed by atoms with van der Waals surface area (Å²) in [5, 5.41) is 10.7. The third-order valence-corrected chi connectivity index (χ3v) is 5.40. The van der Waals surface area contributed by atoms with Gasteiger partial charge in [-0.25, -0.2) is 4.79 Å².